The molecule has 1 N–H and O–H groups in total. The zero-order valence-electron chi connectivity index (χ0n) is 21.1. The van der Waals surface area contributed by atoms with Crippen LogP contribution in [0.15, 0.2) is 47.4 Å². The van der Waals surface area contributed by atoms with E-state index in [9.17, 15) is 13.8 Å². The normalized spacial score (nSPS) is 25.0. The summed E-state index contributed by atoms with van der Waals surface area (Å²) in [5.41, 5.74) is 0.870. The number of benzene rings is 2. The lowest BCUT2D eigenvalue weighted by Crippen LogP contribution is -2.75. The van der Waals surface area contributed by atoms with E-state index in [4.69, 9.17) is 34.8 Å². The number of nitrogens with zero attached hydrogens (tertiary/aromatic N) is 3. The van der Waals surface area contributed by atoms with Crippen molar-refractivity contribution in [1.82, 2.24) is 19.4 Å². The quantitative estimate of drug-likeness (QED) is 0.432. The summed E-state index contributed by atoms with van der Waals surface area (Å²) in [6, 6.07) is 11.1. The SMILES string of the molecule is CCCCNC1CN(S(=O)c2ccc(Cl)cc2Cl)C2CN(C3CC3)C(=O)C(Cc3cccc(Cl)c3)N2C1=O. The second-order valence-electron chi connectivity index (χ2n) is 10.1. The molecule has 7 nitrogen and oxygen atoms in total. The van der Waals surface area contributed by atoms with Gasteiger partial charge in [-0.3, -0.25) is 9.59 Å². The number of nitrogens with one attached hydrogen (secondary N) is 1. The average Bonchev–Trinajstić information content (AvgIpc) is 3.72. The Balaban J connectivity index is 1.54. The third-order valence-corrected chi connectivity index (χ3v) is 9.80. The molecule has 2 amide bonds. The number of carbonyl (C=O) groups is 2. The molecule has 2 aliphatic heterocycles. The van der Waals surface area contributed by atoms with Crippen molar-refractivity contribution in [2.24, 2.45) is 0 Å². The van der Waals surface area contributed by atoms with Gasteiger partial charge in [-0.1, -0.05) is 60.3 Å². The third kappa shape index (κ3) is 5.76. The average molecular weight is 598 g/mol. The van der Waals surface area contributed by atoms with Crippen LogP contribution in [0.25, 0.3) is 0 Å². The first kappa shape index (κ1) is 27.9. The molecule has 11 heteroatoms. The number of carbonyl (C=O) groups excluding carboxylic acids is 2. The van der Waals surface area contributed by atoms with E-state index in [1.165, 1.54) is 0 Å². The van der Waals surface area contributed by atoms with Crippen LogP contribution >= 0.6 is 34.8 Å². The van der Waals surface area contributed by atoms with Gasteiger partial charge in [0.15, 0.2) is 0 Å². The van der Waals surface area contributed by atoms with Gasteiger partial charge in [0.25, 0.3) is 0 Å². The van der Waals surface area contributed by atoms with Gasteiger partial charge in [0, 0.05) is 29.1 Å². The van der Waals surface area contributed by atoms with Crippen molar-refractivity contribution in [2.45, 2.75) is 68.2 Å². The van der Waals surface area contributed by atoms with Crippen molar-refractivity contribution in [3.05, 3.63) is 63.1 Å². The molecule has 1 aliphatic carbocycles. The minimum atomic E-state index is -1.69. The molecule has 0 spiro atoms. The molecule has 204 valence electrons. The predicted molar refractivity (Wildman–Crippen MR) is 151 cm³/mol. The number of unbranched alkanes of at least 4 members (excludes halogenated alkanes) is 1. The summed E-state index contributed by atoms with van der Waals surface area (Å²) in [5, 5.41) is 4.68. The molecule has 3 fully saturated rings. The molecule has 0 bridgehead atoms. The van der Waals surface area contributed by atoms with E-state index < -0.39 is 29.2 Å². The number of hydrogen-bond donors (Lipinski definition) is 1. The van der Waals surface area contributed by atoms with Crippen molar-refractivity contribution in [1.29, 1.82) is 0 Å². The number of piperazine rings is 1. The standard InChI is InChI=1S/C27H31Cl3N4O3S/c1-2-3-11-31-22-15-33(38(37)24-10-7-19(29)14-21(24)30)25-16-32(20-8-9-20)27(36)23(34(25)26(22)35)13-17-5-4-6-18(28)12-17/h4-7,10,12,14,20,22-23,25,31H,2-3,8-9,11,13,15-16H2,1H3. The molecular formula is C27H31Cl3N4O3S. The van der Waals surface area contributed by atoms with Crippen LogP contribution in [0.5, 0.6) is 0 Å². The highest BCUT2D eigenvalue weighted by Crippen LogP contribution is 2.37. The third-order valence-electron chi connectivity index (χ3n) is 7.35. The summed E-state index contributed by atoms with van der Waals surface area (Å²) in [4.78, 5) is 31.8. The highest BCUT2D eigenvalue weighted by Gasteiger charge is 2.54. The second kappa shape index (κ2) is 11.8. The summed E-state index contributed by atoms with van der Waals surface area (Å²) < 4.78 is 15.9. The maximum Gasteiger partial charge on any atom is 0.246 e. The molecule has 0 radical (unpaired) electrons. The molecule has 4 unspecified atom stereocenters. The van der Waals surface area contributed by atoms with Gasteiger partial charge < -0.3 is 15.1 Å². The molecule has 3 aliphatic rings. The van der Waals surface area contributed by atoms with E-state index in [1.54, 1.807) is 29.2 Å². The lowest BCUT2D eigenvalue weighted by atomic mass is 9.97. The van der Waals surface area contributed by atoms with E-state index in [2.05, 4.69) is 12.2 Å². The fourth-order valence-electron chi connectivity index (χ4n) is 5.28. The Kier molecular flexibility index (Phi) is 8.67. The maximum absolute atomic E-state index is 14.1. The van der Waals surface area contributed by atoms with Crippen LogP contribution in [0.4, 0.5) is 0 Å². The number of rotatable bonds is 9. The Labute approximate surface area is 241 Å². The first-order valence-corrected chi connectivity index (χ1v) is 15.3. The van der Waals surface area contributed by atoms with Crippen molar-refractivity contribution in [2.75, 3.05) is 19.6 Å². The smallest absolute Gasteiger partial charge is 0.246 e. The minimum Gasteiger partial charge on any atom is -0.334 e. The van der Waals surface area contributed by atoms with Gasteiger partial charge in [-0.05, 0) is 61.7 Å². The fourth-order valence-corrected chi connectivity index (χ4v) is 7.43. The summed E-state index contributed by atoms with van der Waals surface area (Å²) >= 11 is 18.8. The molecular weight excluding hydrogens is 567 g/mol. The Morgan fingerprint density at radius 3 is 2.45 bits per heavy atom. The summed E-state index contributed by atoms with van der Waals surface area (Å²) in [6.45, 7) is 3.28. The zero-order valence-corrected chi connectivity index (χ0v) is 24.2. The molecule has 5 rings (SSSR count). The van der Waals surface area contributed by atoms with Crippen LogP contribution in [0.3, 0.4) is 0 Å². The molecule has 1 saturated carbocycles. The van der Waals surface area contributed by atoms with Crippen LogP contribution in [0.1, 0.15) is 38.2 Å². The van der Waals surface area contributed by atoms with E-state index in [1.807, 2.05) is 27.4 Å². The summed E-state index contributed by atoms with van der Waals surface area (Å²) in [5.74, 6) is -0.209. The van der Waals surface area contributed by atoms with Gasteiger partial charge in [-0.15, -0.1) is 0 Å². The molecule has 4 atom stereocenters. The van der Waals surface area contributed by atoms with Crippen molar-refractivity contribution in [3.63, 3.8) is 0 Å². The Morgan fingerprint density at radius 2 is 1.76 bits per heavy atom. The van der Waals surface area contributed by atoms with Gasteiger partial charge >= 0.3 is 0 Å². The highest BCUT2D eigenvalue weighted by atomic mass is 35.5. The molecule has 0 aromatic heterocycles. The van der Waals surface area contributed by atoms with Gasteiger partial charge in [0.1, 0.15) is 29.2 Å². The molecule has 2 aromatic carbocycles. The molecule has 2 saturated heterocycles. The lowest BCUT2D eigenvalue weighted by molar-refractivity contribution is -0.167. The fraction of sp³-hybridized carbons (Fsp3) is 0.481. The number of amides is 2. The van der Waals surface area contributed by atoms with Crippen LogP contribution in [0, 0.1) is 0 Å². The lowest BCUT2D eigenvalue weighted by Gasteiger charge is -2.53. The van der Waals surface area contributed by atoms with Crippen LogP contribution in [0.2, 0.25) is 15.1 Å². The first-order chi connectivity index (χ1) is 18.3. The molecule has 2 heterocycles. The van der Waals surface area contributed by atoms with E-state index in [-0.39, 0.29) is 24.4 Å². The second-order valence-corrected chi connectivity index (χ2v) is 12.8. The number of fused-ring (bicyclic) bond motifs is 1. The van der Waals surface area contributed by atoms with Gasteiger partial charge in [0.2, 0.25) is 11.8 Å². The molecule has 38 heavy (non-hydrogen) atoms. The first-order valence-electron chi connectivity index (χ1n) is 13.0. The van der Waals surface area contributed by atoms with Crippen molar-refractivity contribution >= 4 is 57.6 Å². The predicted octanol–water partition coefficient (Wildman–Crippen LogP) is 4.51. The summed E-state index contributed by atoms with van der Waals surface area (Å²) in [6.07, 6.45) is 3.52. The zero-order chi connectivity index (χ0) is 27.0. The highest BCUT2D eigenvalue weighted by molar-refractivity contribution is 7.82. The van der Waals surface area contributed by atoms with Crippen LogP contribution in [-0.2, 0) is 27.0 Å². The Morgan fingerprint density at radius 1 is 1.00 bits per heavy atom. The maximum atomic E-state index is 14.1. The van der Waals surface area contributed by atoms with E-state index in [0.29, 0.717) is 39.5 Å². The largest absolute Gasteiger partial charge is 0.334 e. The van der Waals surface area contributed by atoms with E-state index >= 15 is 0 Å². The van der Waals surface area contributed by atoms with Gasteiger partial charge in [-0.2, -0.15) is 4.31 Å². The van der Waals surface area contributed by atoms with Crippen LogP contribution < -0.4 is 5.32 Å². The Bertz CT molecular complexity index is 1240. The van der Waals surface area contributed by atoms with E-state index in [0.717, 1.165) is 31.2 Å². The topological polar surface area (TPSA) is 73.0 Å². The summed E-state index contributed by atoms with van der Waals surface area (Å²) in [7, 11) is -1.69. The minimum absolute atomic E-state index is 0.0680. The van der Waals surface area contributed by atoms with Crippen molar-refractivity contribution in [3.8, 4) is 0 Å². The number of halogens is 3. The van der Waals surface area contributed by atoms with Crippen molar-refractivity contribution < 1.29 is 13.8 Å². The van der Waals surface area contributed by atoms with Crippen LogP contribution in [-0.4, -0.2) is 74.1 Å². The van der Waals surface area contributed by atoms with Gasteiger partial charge in [-0.25, -0.2) is 4.21 Å². The monoisotopic (exact) mass is 596 g/mol. The van der Waals surface area contributed by atoms with Gasteiger partial charge in [0.05, 0.1) is 16.5 Å². The number of hydrogen-bond acceptors (Lipinski definition) is 4. The molecule has 2 aromatic rings. The Hall–Kier alpha value is -1.68.